The van der Waals surface area contributed by atoms with Gasteiger partial charge in [0.1, 0.15) is 5.82 Å². The van der Waals surface area contributed by atoms with Crippen LogP contribution in [0.5, 0.6) is 0 Å². The number of nitrogens with zero attached hydrogens (tertiary/aromatic N) is 2. The maximum Gasteiger partial charge on any atom is 0.132 e. The number of aromatic nitrogens is 2. The minimum Gasteiger partial charge on any atom is -0.325 e. The van der Waals surface area contributed by atoms with Gasteiger partial charge >= 0.3 is 0 Å². The fourth-order valence-electron chi connectivity index (χ4n) is 1.45. The lowest BCUT2D eigenvalue weighted by atomic mass is 10.1. The zero-order valence-electron chi connectivity index (χ0n) is 8.73. The zero-order valence-corrected chi connectivity index (χ0v) is 10.3. The molecule has 2 aromatic rings. The van der Waals surface area contributed by atoms with Gasteiger partial charge in [-0.2, -0.15) is 0 Å². The SMILES string of the molecule is NCc1ccnc(Cc2ccccc2Br)n1. The van der Waals surface area contributed by atoms with Crippen LogP contribution in [-0.4, -0.2) is 9.97 Å². The highest BCUT2D eigenvalue weighted by Crippen LogP contribution is 2.17. The summed E-state index contributed by atoms with van der Waals surface area (Å²) in [6, 6.07) is 9.91. The molecule has 82 valence electrons. The van der Waals surface area contributed by atoms with Crippen molar-refractivity contribution in [1.29, 1.82) is 0 Å². The molecule has 0 aliphatic carbocycles. The van der Waals surface area contributed by atoms with Crippen molar-refractivity contribution in [3.63, 3.8) is 0 Å². The Bertz CT molecular complexity index is 485. The van der Waals surface area contributed by atoms with Gasteiger partial charge in [0.05, 0.1) is 5.69 Å². The molecule has 1 aromatic heterocycles. The molecule has 0 fully saturated rings. The van der Waals surface area contributed by atoms with E-state index in [1.807, 2.05) is 24.3 Å². The van der Waals surface area contributed by atoms with E-state index < -0.39 is 0 Å². The molecule has 2 rings (SSSR count). The quantitative estimate of drug-likeness (QED) is 0.937. The van der Waals surface area contributed by atoms with Crippen molar-refractivity contribution in [3.05, 3.63) is 58.1 Å². The van der Waals surface area contributed by atoms with E-state index >= 15 is 0 Å². The molecule has 0 bridgehead atoms. The van der Waals surface area contributed by atoms with Gasteiger partial charge in [0.2, 0.25) is 0 Å². The summed E-state index contributed by atoms with van der Waals surface area (Å²) in [5, 5.41) is 0. The third kappa shape index (κ3) is 2.65. The van der Waals surface area contributed by atoms with Gasteiger partial charge in [-0.1, -0.05) is 34.1 Å². The van der Waals surface area contributed by atoms with Crippen LogP contribution in [0.1, 0.15) is 17.1 Å². The number of benzene rings is 1. The Hall–Kier alpha value is -1.26. The fourth-order valence-corrected chi connectivity index (χ4v) is 1.88. The number of halogens is 1. The number of hydrogen-bond donors (Lipinski definition) is 1. The lowest BCUT2D eigenvalue weighted by Gasteiger charge is -2.04. The van der Waals surface area contributed by atoms with E-state index in [-0.39, 0.29) is 0 Å². The molecule has 0 radical (unpaired) electrons. The maximum atomic E-state index is 5.54. The number of nitrogens with two attached hydrogens (primary N) is 1. The van der Waals surface area contributed by atoms with E-state index in [1.165, 1.54) is 5.56 Å². The minimum atomic E-state index is 0.450. The Morgan fingerprint density at radius 1 is 1.19 bits per heavy atom. The van der Waals surface area contributed by atoms with Crippen LogP contribution in [0, 0.1) is 0 Å². The van der Waals surface area contributed by atoms with Crippen molar-refractivity contribution in [1.82, 2.24) is 9.97 Å². The van der Waals surface area contributed by atoms with Crippen molar-refractivity contribution in [2.45, 2.75) is 13.0 Å². The van der Waals surface area contributed by atoms with Crippen LogP contribution in [0.3, 0.4) is 0 Å². The van der Waals surface area contributed by atoms with Crippen LogP contribution >= 0.6 is 15.9 Å². The highest BCUT2D eigenvalue weighted by molar-refractivity contribution is 9.10. The maximum absolute atomic E-state index is 5.54. The summed E-state index contributed by atoms with van der Waals surface area (Å²) in [6.07, 6.45) is 2.47. The van der Waals surface area contributed by atoms with Gasteiger partial charge in [0.25, 0.3) is 0 Å². The third-order valence-corrected chi connectivity index (χ3v) is 3.05. The first-order valence-electron chi connectivity index (χ1n) is 5.04. The molecule has 0 aliphatic heterocycles. The molecule has 0 aliphatic rings. The summed E-state index contributed by atoms with van der Waals surface area (Å²) < 4.78 is 1.08. The van der Waals surface area contributed by atoms with Crippen LogP contribution in [0.2, 0.25) is 0 Å². The molecule has 1 heterocycles. The van der Waals surface area contributed by atoms with Gasteiger partial charge in [0.15, 0.2) is 0 Å². The van der Waals surface area contributed by atoms with E-state index in [0.29, 0.717) is 6.54 Å². The molecule has 1 aromatic carbocycles. The predicted molar refractivity (Wildman–Crippen MR) is 66.9 cm³/mol. The van der Waals surface area contributed by atoms with Crippen molar-refractivity contribution >= 4 is 15.9 Å². The van der Waals surface area contributed by atoms with Gasteiger partial charge in [-0.25, -0.2) is 9.97 Å². The molecule has 16 heavy (non-hydrogen) atoms. The molecule has 0 saturated carbocycles. The first-order chi connectivity index (χ1) is 7.79. The average Bonchev–Trinajstić information content (AvgIpc) is 2.32. The second kappa shape index (κ2) is 5.18. The Kier molecular flexibility index (Phi) is 3.64. The van der Waals surface area contributed by atoms with Crippen LogP contribution in [-0.2, 0) is 13.0 Å². The van der Waals surface area contributed by atoms with Crippen molar-refractivity contribution in [3.8, 4) is 0 Å². The lowest BCUT2D eigenvalue weighted by Crippen LogP contribution is -2.04. The molecule has 0 spiro atoms. The molecule has 0 unspecified atom stereocenters. The summed E-state index contributed by atoms with van der Waals surface area (Å²) in [4.78, 5) is 8.61. The first kappa shape index (κ1) is 11.2. The third-order valence-electron chi connectivity index (χ3n) is 2.28. The molecular formula is C12H12BrN3. The summed E-state index contributed by atoms with van der Waals surface area (Å²) in [6.45, 7) is 0.450. The standard InChI is InChI=1S/C12H12BrN3/c13-11-4-2-1-3-9(11)7-12-15-6-5-10(8-14)16-12/h1-6H,7-8,14H2. The van der Waals surface area contributed by atoms with Crippen LogP contribution in [0.4, 0.5) is 0 Å². The van der Waals surface area contributed by atoms with Crippen LogP contribution < -0.4 is 5.73 Å². The topological polar surface area (TPSA) is 51.8 Å². The van der Waals surface area contributed by atoms with E-state index in [9.17, 15) is 0 Å². The van der Waals surface area contributed by atoms with E-state index in [0.717, 1.165) is 22.4 Å². The van der Waals surface area contributed by atoms with Gasteiger partial charge in [-0.05, 0) is 17.7 Å². The Labute approximate surface area is 103 Å². The molecular weight excluding hydrogens is 266 g/mol. The first-order valence-corrected chi connectivity index (χ1v) is 5.83. The molecule has 2 N–H and O–H groups in total. The van der Waals surface area contributed by atoms with Crippen molar-refractivity contribution in [2.24, 2.45) is 5.73 Å². The fraction of sp³-hybridized carbons (Fsp3) is 0.167. The number of hydrogen-bond acceptors (Lipinski definition) is 3. The highest BCUT2D eigenvalue weighted by atomic mass is 79.9. The average molecular weight is 278 g/mol. The second-order valence-electron chi connectivity index (χ2n) is 3.44. The molecule has 4 heteroatoms. The lowest BCUT2D eigenvalue weighted by molar-refractivity contribution is 0.889. The Morgan fingerprint density at radius 2 is 2.00 bits per heavy atom. The van der Waals surface area contributed by atoms with E-state index in [4.69, 9.17) is 5.73 Å². The highest BCUT2D eigenvalue weighted by Gasteiger charge is 2.03. The van der Waals surface area contributed by atoms with Crippen LogP contribution in [0.25, 0.3) is 0 Å². The Morgan fingerprint density at radius 3 is 2.75 bits per heavy atom. The van der Waals surface area contributed by atoms with Gasteiger partial charge in [-0.3, -0.25) is 0 Å². The summed E-state index contributed by atoms with van der Waals surface area (Å²) >= 11 is 3.51. The summed E-state index contributed by atoms with van der Waals surface area (Å²) in [7, 11) is 0. The van der Waals surface area contributed by atoms with Crippen LogP contribution in [0.15, 0.2) is 41.0 Å². The predicted octanol–water partition coefficient (Wildman–Crippen LogP) is 2.29. The zero-order chi connectivity index (χ0) is 11.4. The largest absolute Gasteiger partial charge is 0.325 e. The summed E-state index contributed by atoms with van der Waals surface area (Å²) in [5.74, 6) is 0.801. The molecule has 3 nitrogen and oxygen atoms in total. The monoisotopic (exact) mass is 277 g/mol. The molecule has 0 atom stereocenters. The van der Waals surface area contributed by atoms with Gasteiger partial charge < -0.3 is 5.73 Å². The molecule has 0 amide bonds. The van der Waals surface area contributed by atoms with Gasteiger partial charge in [-0.15, -0.1) is 0 Å². The summed E-state index contributed by atoms with van der Waals surface area (Å²) in [5.41, 5.74) is 7.59. The van der Waals surface area contributed by atoms with Crippen molar-refractivity contribution < 1.29 is 0 Å². The van der Waals surface area contributed by atoms with Gasteiger partial charge in [0, 0.05) is 23.6 Å². The van der Waals surface area contributed by atoms with E-state index in [2.05, 4.69) is 32.0 Å². The smallest absolute Gasteiger partial charge is 0.132 e. The minimum absolute atomic E-state index is 0.450. The Balaban J connectivity index is 2.24. The number of rotatable bonds is 3. The van der Waals surface area contributed by atoms with Crippen molar-refractivity contribution in [2.75, 3.05) is 0 Å². The molecule has 0 saturated heterocycles. The second-order valence-corrected chi connectivity index (χ2v) is 4.29. The normalized spacial score (nSPS) is 10.4. The van der Waals surface area contributed by atoms with E-state index in [1.54, 1.807) is 6.20 Å².